The lowest BCUT2D eigenvalue weighted by atomic mass is 10.0. The van der Waals surface area contributed by atoms with E-state index in [1.807, 2.05) is 0 Å². The molecule has 18 heavy (non-hydrogen) atoms. The van der Waals surface area contributed by atoms with E-state index in [0.717, 1.165) is 5.06 Å². The molecule has 0 amide bonds. The van der Waals surface area contributed by atoms with Crippen molar-refractivity contribution in [2.75, 3.05) is 0 Å². The molecule has 2 rings (SSSR count). The highest BCUT2D eigenvalue weighted by Gasteiger charge is 2.52. The van der Waals surface area contributed by atoms with Gasteiger partial charge in [-0.25, -0.2) is 0 Å². The van der Waals surface area contributed by atoms with Gasteiger partial charge < -0.3 is 10.4 Å². The lowest BCUT2D eigenvalue weighted by Gasteiger charge is -2.24. The van der Waals surface area contributed by atoms with Gasteiger partial charge in [-0.15, -0.1) is 5.06 Å². The van der Waals surface area contributed by atoms with Gasteiger partial charge in [0.25, 0.3) is 0 Å². The van der Waals surface area contributed by atoms with Crippen LogP contribution in [-0.4, -0.2) is 38.2 Å². The topological polar surface area (TPSA) is 66.6 Å². The fraction of sp³-hybridized carbons (Fsp3) is 0.385. The average molecular weight is 248 g/mol. The number of hydrogen-bond acceptors (Lipinski definition) is 4. The molecule has 1 atom stereocenters. The molecule has 1 aromatic carbocycles. The first-order valence-electron chi connectivity index (χ1n) is 5.75. The van der Waals surface area contributed by atoms with Crippen molar-refractivity contribution in [2.45, 2.75) is 32.5 Å². The van der Waals surface area contributed by atoms with Gasteiger partial charge in [-0.05, 0) is 13.8 Å². The van der Waals surface area contributed by atoms with Crippen LogP contribution in [0.1, 0.15) is 31.1 Å². The van der Waals surface area contributed by atoms with E-state index >= 15 is 0 Å². The highest BCUT2D eigenvalue weighted by atomic mass is 16.6. The molecule has 0 saturated heterocycles. The number of benzene rings is 1. The van der Waals surface area contributed by atoms with Crippen molar-refractivity contribution in [3.8, 4) is 0 Å². The van der Waals surface area contributed by atoms with Crippen molar-refractivity contribution in [3.05, 3.63) is 41.1 Å². The SMILES string of the molecule is CC1=[N+]([O-])[C@@H](C(=O)c2ccccc2)N(O)C1(C)C. The van der Waals surface area contributed by atoms with E-state index in [2.05, 4.69) is 0 Å². The van der Waals surface area contributed by atoms with Gasteiger partial charge >= 0.3 is 6.17 Å². The van der Waals surface area contributed by atoms with E-state index < -0.39 is 17.5 Å². The quantitative estimate of drug-likeness (QED) is 0.491. The second-order valence-electron chi connectivity index (χ2n) is 4.92. The second kappa shape index (κ2) is 4.19. The Bertz CT molecular complexity index is 508. The molecule has 0 radical (unpaired) electrons. The molecule has 1 aromatic rings. The molecule has 0 aliphatic carbocycles. The molecule has 0 unspecified atom stereocenters. The third-order valence-corrected chi connectivity index (χ3v) is 3.54. The summed E-state index contributed by atoms with van der Waals surface area (Å²) in [6.07, 6.45) is -1.21. The lowest BCUT2D eigenvalue weighted by Crippen LogP contribution is -2.48. The van der Waals surface area contributed by atoms with Gasteiger partial charge in [0.15, 0.2) is 5.71 Å². The Kier molecular flexibility index (Phi) is 2.96. The van der Waals surface area contributed by atoms with E-state index in [1.165, 1.54) is 0 Å². The number of carbonyl (C=O) groups excluding carboxylic acids is 1. The average Bonchev–Trinajstić information content (AvgIpc) is 2.51. The van der Waals surface area contributed by atoms with E-state index in [-0.39, 0.29) is 0 Å². The molecule has 1 heterocycles. The summed E-state index contributed by atoms with van der Waals surface area (Å²) in [5.41, 5.74) is -0.0104. The molecular formula is C13H16N2O3. The molecule has 1 N–H and O–H groups in total. The predicted octanol–water partition coefficient (Wildman–Crippen LogP) is 1.65. The first-order valence-corrected chi connectivity index (χ1v) is 5.75. The van der Waals surface area contributed by atoms with Crippen LogP contribution in [0.5, 0.6) is 0 Å². The van der Waals surface area contributed by atoms with Crippen molar-refractivity contribution >= 4 is 11.5 Å². The molecule has 1 aliphatic heterocycles. The molecule has 1 aliphatic rings. The Morgan fingerprint density at radius 2 is 1.94 bits per heavy atom. The fourth-order valence-electron chi connectivity index (χ4n) is 1.99. The number of hydroxylamine groups is 3. The smallest absolute Gasteiger partial charge is 0.305 e. The third kappa shape index (κ3) is 1.72. The molecule has 5 heteroatoms. The Hall–Kier alpha value is -1.72. The molecule has 0 bridgehead atoms. The number of ketones is 1. The minimum absolute atomic E-state index is 0.405. The van der Waals surface area contributed by atoms with Gasteiger partial charge in [0.1, 0.15) is 5.54 Å². The molecule has 5 nitrogen and oxygen atoms in total. The van der Waals surface area contributed by atoms with Crippen LogP contribution in [0, 0.1) is 5.21 Å². The van der Waals surface area contributed by atoms with Crippen molar-refractivity contribution in [1.29, 1.82) is 0 Å². The van der Waals surface area contributed by atoms with E-state index in [9.17, 15) is 15.2 Å². The first kappa shape index (κ1) is 12.7. The fourth-order valence-corrected chi connectivity index (χ4v) is 1.99. The van der Waals surface area contributed by atoms with Crippen molar-refractivity contribution in [2.24, 2.45) is 0 Å². The minimum Gasteiger partial charge on any atom is -0.622 e. The largest absolute Gasteiger partial charge is 0.622 e. The Balaban J connectivity index is 2.39. The van der Waals surface area contributed by atoms with Crippen LogP contribution in [0.2, 0.25) is 0 Å². The van der Waals surface area contributed by atoms with Gasteiger partial charge in [0.2, 0.25) is 5.78 Å². The first-order chi connectivity index (χ1) is 8.37. The van der Waals surface area contributed by atoms with Gasteiger partial charge in [-0.3, -0.25) is 4.79 Å². The summed E-state index contributed by atoms with van der Waals surface area (Å²) in [5.74, 6) is -0.405. The second-order valence-corrected chi connectivity index (χ2v) is 4.92. The van der Waals surface area contributed by atoms with Crippen LogP contribution < -0.4 is 0 Å². The Morgan fingerprint density at radius 1 is 1.39 bits per heavy atom. The number of carbonyl (C=O) groups is 1. The summed E-state index contributed by atoms with van der Waals surface area (Å²) in [7, 11) is 0. The van der Waals surface area contributed by atoms with Crippen molar-refractivity contribution in [1.82, 2.24) is 5.06 Å². The maximum absolute atomic E-state index is 12.2. The summed E-state index contributed by atoms with van der Waals surface area (Å²) in [5, 5.41) is 22.9. The highest BCUT2D eigenvalue weighted by molar-refractivity contribution is 6.01. The zero-order valence-electron chi connectivity index (χ0n) is 10.6. The van der Waals surface area contributed by atoms with E-state index in [1.54, 1.807) is 51.1 Å². The van der Waals surface area contributed by atoms with Gasteiger partial charge in [-0.1, -0.05) is 30.3 Å². The molecule has 0 fully saturated rings. The van der Waals surface area contributed by atoms with Gasteiger partial charge in [0, 0.05) is 12.5 Å². The summed E-state index contributed by atoms with van der Waals surface area (Å²) in [4.78, 5) is 12.2. The molecule has 96 valence electrons. The lowest BCUT2D eigenvalue weighted by molar-refractivity contribution is -0.517. The Morgan fingerprint density at radius 3 is 2.39 bits per heavy atom. The maximum atomic E-state index is 12.2. The molecule has 0 spiro atoms. The van der Waals surface area contributed by atoms with Crippen LogP contribution in [0.25, 0.3) is 0 Å². The molecule has 0 saturated carbocycles. The third-order valence-electron chi connectivity index (χ3n) is 3.54. The minimum atomic E-state index is -1.21. The predicted molar refractivity (Wildman–Crippen MR) is 66.6 cm³/mol. The zero-order valence-corrected chi connectivity index (χ0v) is 10.6. The van der Waals surface area contributed by atoms with Crippen LogP contribution >= 0.6 is 0 Å². The van der Waals surface area contributed by atoms with Crippen LogP contribution in [0.3, 0.4) is 0 Å². The summed E-state index contributed by atoms with van der Waals surface area (Å²) < 4.78 is 0.579. The number of Topliss-reactive ketones (excluding diaryl/α,β-unsaturated/α-hetero) is 1. The van der Waals surface area contributed by atoms with Crippen LogP contribution in [0.15, 0.2) is 30.3 Å². The maximum Gasteiger partial charge on any atom is 0.305 e. The van der Waals surface area contributed by atoms with Crippen LogP contribution in [0.4, 0.5) is 0 Å². The molecule has 0 aromatic heterocycles. The Labute approximate surface area is 106 Å². The standard InChI is InChI=1S/C13H16N2O3/c1-9-13(2,3)15(18)12(14(9)17)11(16)10-7-5-4-6-8-10/h4-8,12,18H,1-3H3/t12-/m1/s1. The normalized spacial score (nSPS) is 23.4. The summed E-state index contributed by atoms with van der Waals surface area (Å²) in [6.45, 7) is 5.02. The van der Waals surface area contributed by atoms with Gasteiger partial charge in [0.05, 0.1) is 0 Å². The van der Waals surface area contributed by atoms with Crippen LogP contribution in [-0.2, 0) is 0 Å². The van der Waals surface area contributed by atoms with E-state index in [4.69, 9.17) is 0 Å². The van der Waals surface area contributed by atoms with Crippen molar-refractivity contribution < 1.29 is 14.7 Å². The summed E-state index contributed by atoms with van der Waals surface area (Å²) >= 11 is 0. The van der Waals surface area contributed by atoms with E-state index in [0.29, 0.717) is 16.0 Å². The number of hydrogen-bond donors (Lipinski definition) is 1. The van der Waals surface area contributed by atoms with Crippen molar-refractivity contribution in [3.63, 3.8) is 0 Å². The monoisotopic (exact) mass is 248 g/mol. The molecular weight excluding hydrogens is 232 g/mol. The summed E-state index contributed by atoms with van der Waals surface area (Å²) in [6, 6.07) is 8.50. The number of rotatable bonds is 2. The number of nitrogens with zero attached hydrogens (tertiary/aromatic N) is 2. The van der Waals surface area contributed by atoms with Gasteiger partial charge in [-0.2, -0.15) is 4.74 Å². The zero-order chi connectivity index (χ0) is 13.5. The highest BCUT2D eigenvalue weighted by Crippen LogP contribution is 2.26.